The van der Waals surface area contributed by atoms with Crippen molar-refractivity contribution in [1.29, 1.82) is 0 Å². The molecule has 5 rings (SSSR count). The summed E-state index contributed by atoms with van der Waals surface area (Å²) in [7, 11) is 5.24. The number of halogens is 1. The molecule has 12 heteroatoms. The summed E-state index contributed by atoms with van der Waals surface area (Å²) in [5, 5.41) is 51.2. The second-order valence-corrected chi connectivity index (χ2v) is 10.7. The first kappa shape index (κ1) is 25.5. The van der Waals surface area contributed by atoms with Crippen LogP contribution in [-0.4, -0.2) is 82.1 Å². The topological polar surface area (TPSA) is 185 Å². The van der Waals surface area contributed by atoms with Gasteiger partial charge in [-0.25, -0.2) is 0 Å². The van der Waals surface area contributed by atoms with Gasteiger partial charge < -0.3 is 41.7 Å². The molecular weight excluding hydrogens is 504 g/mol. The molecule has 1 aliphatic heterocycles. The van der Waals surface area contributed by atoms with Crippen LogP contribution in [0, 0.1) is 11.8 Å². The van der Waals surface area contributed by atoms with Crippen LogP contribution in [0.15, 0.2) is 16.9 Å². The molecule has 0 spiro atoms. The van der Waals surface area contributed by atoms with E-state index in [1.165, 1.54) is 7.05 Å². The SMILES string of the molecule is CN[C@@H]1C(=O)C(C(N)=O)=C(O)[C@@]2(O)C(=O)C3=C(O)c4c(O)c5c(c(Cl)c4C[C@H]3C[C@@H]12)C(N(C)C)CCN5. The van der Waals surface area contributed by atoms with Crippen molar-refractivity contribution in [1.82, 2.24) is 10.2 Å². The number of rotatable bonds is 3. The number of anilines is 1. The van der Waals surface area contributed by atoms with E-state index >= 15 is 0 Å². The lowest BCUT2D eigenvalue weighted by molar-refractivity contribution is -0.150. The first-order valence-electron chi connectivity index (χ1n) is 12.0. The molecule has 11 nitrogen and oxygen atoms in total. The van der Waals surface area contributed by atoms with Crippen LogP contribution in [0.5, 0.6) is 5.75 Å². The van der Waals surface area contributed by atoms with Crippen LogP contribution in [-0.2, 0) is 20.8 Å². The van der Waals surface area contributed by atoms with E-state index in [1.54, 1.807) is 0 Å². The fraction of sp³-hybridized carbons (Fsp3) is 0.480. The molecule has 3 aliphatic carbocycles. The fourth-order valence-electron chi connectivity index (χ4n) is 6.61. The van der Waals surface area contributed by atoms with Crippen LogP contribution < -0.4 is 16.4 Å². The maximum absolute atomic E-state index is 13.8. The second-order valence-electron chi connectivity index (χ2n) is 10.3. The molecule has 8 N–H and O–H groups in total. The minimum absolute atomic E-state index is 0.00203. The Hall–Kier alpha value is -3.12. The largest absolute Gasteiger partial charge is 0.508 e. The highest BCUT2D eigenvalue weighted by molar-refractivity contribution is 6.33. The van der Waals surface area contributed by atoms with E-state index in [4.69, 9.17) is 17.3 Å². The summed E-state index contributed by atoms with van der Waals surface area (Å²) in [6.07, 6.45) is 0.879. The van der Waals surface area contributed by atoms with E-state index in [-0.39, 0.29) is 35.8 Å². The molecule has 1 amide bonds. The normalized spacial score (nSPS) is 31.0. The highest BCUT2D eigenvalue weighted by Crippen LogP contribution is 2.56. The van der Waals surface area contributed by atoms with Crippen molar-refractivity contribution in [3.8, 4) is 5.75 Å². The van der Waals surface area contributed by atoms with Gasteiger partial charge >= 0.3 is 0 Å². The summed E-state index contributed by atoms with van der Waals surface area (Å²) in [5.74, 6) is -6.96. The number of carbonyl (C=O) groups excluding carboxylic acids is 3. The maximum Gasteiger partial charge on any atom is 0.255 e. The number of nitrogens with one attached hydrogen (secondary N) is 2. The Bertz CT molecular complexity index is 1340. The molecule has 1 fully saturated rings. The molecule has 0 saturated heterocycles. The Morgan fingerprint density at radius 3 is 2.51 bits per heavy atom. The molecule has 37 heavy (non-hydrogen) atoms. The van der Waals surface area contributed by atoms with E-state index in [2.05, 4.69) is 10.6 Å². The zero-order valence-corrected chi connectivity index (χ0v) is 21.3. The van der Waals surface area contributed by atoms with E-state index < -0.39 is 58.0 Å². The van der Waals surface area contributed by atoms with Gasteiger partial charge in [0.25, 0.3) is 5.91 Å². The smallest absolute Gasteiger partial charge is 0.255 e. The van der Waals surface area contributed by atoms with E-state index in [0.29, 0.717) is 28.4 Å². The number of ketones is 2. The van der Waals surface area contributed by atoms with Gasteiger partial charge in [-0.05, 0) is 51.9 Å². The lowest BCUT2D eigenvalue weighted by Gasteiger charge is -2.49. The highest BCUT2D eigenvalue weighted by Gasteiger charge is 2.63. The molecule has 198 valence electrons. The minimum Gasteiger partial charge on any atom is -0.508 e. The summed E-state index contributed by atoms with van der Waals surface area (Å²) in [6, 6.07) is -1.28. The summed E-state index contributed by atoms with van der Waals surface area (Å²) < 4.78 is 0. The average Bonchev–Trinajstić information content (AvgIpc) is 2.84. The lowest BCUT2D eigenvalue weighted by Crippen LogP contribution is -2.65. The monoisotopic (exact) mass is 532 g/mol. The number of aliphatic hydroxyl groups is 3. The van der Waals surface area contributed by atoms with Crippen molar-refractivity contribution < 1.29 is 34.8 Å². The van der Waals surface area contributed by atoms with Gasteiger partial charge in [-0.15, -0.1) is 0 Å². The van der Waals surface area contributed by atoms with Crippen molar-refractivity contribution in [2.45, 2.75) is 36.9 Å². The number of hydrogen-bond acceptors (Lipinski definition) is 10. The van der Waals surface area contributed by atoms with Gasteiger partial charge in [-0.3, -0.25) is 14.4 Å². The van der Waals surface area contributed by atoms with Crippen LogP contribution in [0.4, 0.5) is 5.69 Å². The average molecular weight is 533 g/mol. The van der Waals surface area contributed by atoms with Gasteiger partial charge in [0.1, 0.15) is 22.8 Å². The number of primary amides is 1. The number of hydrogen-bond donors (Lipinski definition) is 7. The first-order chi connectivity index (χ1) is 17.4. The fourth-order valence-corrected chi connectivity index (χ4v) is 7.00. The number of aromatic hydroxyl groups is 1. The predicted molar refractivity (Wildman–Crippen MR) is 134 cm³/mol. The lowest BCUT2D eigenvalue weighted by atomic mass is 9.57. The maximum atomic E-state index is 13.8. The number of Topliss-reactive ketones (excluding diaryl/α,β-unsaturated/α-hetero) is 2. The number of aliphatic hydroxyl groups excluding tert-OH is 2. The zero-order valence-electron chi connectivity index (χ0n) is 20.6. The predicted octanol–water partition coefficient (Wildman–Crippen LogP) is 0.694. The Morgan fingerprint density at radius 1 is 1.24 bits per heavy atom. The van der Waals surface area contributed by atoms with Crippen LogP contribution in [0.2, 0.25) is 5.02 Å². The molecule has 1 aromatic carbocycles. The summed E-state index contributed by atoms with van der Waals surface area (Å²) in [4.78, 5) is 40.7. The number of benzene rings is 1. The van der Waals surface area contributed by atoms with Crippen LogP contribution in [0.3, 0.4) is 0 Å². The van der Waals surface area contributed by atoms with Crippen molar-refractivity contribution in [2.24, 2.45) is 17.6 Å². The van der Waals surface area contributed by atoms with Crippen molar-refractivity contribution in [3.63, 3.8) is 0 Å². The molecule has 0 bridgehead atoms. The summed E-state index contributed by atoms with van der Waals surface area (Å²) in [6.45, 7) is 0.548. The van der Waals surface area contributed by atoms with Gasteiger partial charge in [-0.1, -0.05) is 11.6 Å². The molecule has 1 saturated carbocycles. The number of amides is 1. The Kier molecular flexibility index (Phi) is 5.83. The van der Waals surface area contributed by atoms with Gasteiger partial charge in [0.2, 0.25) is 5.78 Å². The number of likely N-dealkylation sites (N-methyl/N-ethyl adjacent to an activating group) is 1. The molecular formula is C25H29ClN4O7. The molecule has 1 heterocycles. The molecule has 0 aromatic heterocycles. The van der Waals surface area contributed by atoms with Crippen molar-refractivity contribution in [2.75, 3.05) is 33.0 Å². The van der Waals surface area contributed by atoms with Crippen LogP contribution >= 0.6 is 11.6 Å². The molecule has 4 aliphatic rings. The van der Waals surface area contributed by atoms with E-state index in [1.807, 2.05) is 19.0 Å². The minimum atomic E-state index is -2.68. The quantitative estimate of drug-likeness (QED) is 0.216. The third-order valence-corrected chi connectivity index (χ3v) is 8.76. The molecule has 1 aromatic rings. The summed E-state index contributed by atoms with van der Waals surface area (Å²) in [5.41, 5.74) is 3.04. The number of nitrogens with two attached hydrogens (primary N) is 1. The number of phenols is 1. The third-order valence-electron chi connectivity index (χ3n) is 8.33. The van der Waals surface area contributed by atoms with Gasteiger partial charge in [-0.2, -0.15) is 0 Å². The van der Waals surface area contributed by atoms with Crippen LogP contribution in [0.1, 0.15) is 35.6 Å². The Morgan fingerprint density at radius 2 is 1.92 bits per heavy atom. The van der Waals surface area contributed by atoms with Crippen molar-refractivity contribution >= 4 is 40.5 Å². The van der Waals surface area contributed by atoms with E-state index in [0.717, 1.165) is 6.42 Å². The Labute approximate surface area is 217 Å². The van der Waals surface area contributed by atoms with Gasteiger partial charge in [0.05, 0.1) is 22.3 Å². The third kappa shape index (κ3) is 3.21. The van der Waals surface area contributed by atoms with Gasteiger partial charge in [0, 0.05) is 29.6 Å². The zero-order chi connectivity index (χ0) is 27.1. The standard InChI is InChI=1S/C25H29ClN4O7/c1-28-17-10-7-8-6-9-13(20(32)18-14(16(9)26)11(30(2)3)4-5-29-18)19(31)12(8)22(34)25(10,37)23(35)15(21(17)33)24(27)36/h8,10-11,17,28-29,31-32,35,37H,4-7H2,1-3H3,(H2,27,36)/t8-,10-,11?,17-,25-/m0/s1. The first-order valence-corrected chi connectivity index (χ1v) is 12.4. The number of fused-ring (bicyclic) bond motifs is 4. The molecule has 5 atom stereocenters. The second kappa shape index (κ2) is 8.45. The van der Waals surface area contributed by atoms with Crippen molar-refractivity contribution in [3.05, 3.63) is 38.6 Å². The number of nitrogens with zero attached hydrogens (tertiary/aromatic N) is 1. The number of carbonyl (C=O) groups is 3. The highest BCUT2D eigenvalue weighted by atomic mass is 35.5. The molecule has 1 unspecified atom stereocenters. The van der Waals surface area contributed by atoms with Crippen LogP contribution in [0.25, 0.3) is 5.76 Å². The Balaban J connectivity index is 1.74. The number of phenolic OH excluding ortho intramolecular Hbond substituents is 1. The van der Waals surface area contributed by atoms with Gasteiger partial charge in [0.15, 0.2) is 11.4 Å². The summed E-state index contributed by atoms with van der Waals surface area (Å²) >= 11 is 6.90. The van der Waals surface area contributed by atoms with E-state index in [9.17, 15) is 34.8 Å². The molecule has 0 radical (unpaired) electrons.